The topological polar surface area (TPSA) is 146 Å². The van der Waals surface area contributed by atoms with Crippen molar-refractivity contribution in [3.63, 3.8) is 0 Å². The van der Waals surface area contributed by atoms with Crippen LogP contribution in [0.5, 0.6) is 17.2 Å². The van der Waals surface area contributed by atoms with Gasteiger partial charge in [0.15, 0.2) is 0 Å². The molecule has 11 heteroatoms. The highest BCUT2D eigenvalue weighted by Gasteiger charge is 2.24. The summed E-state index contributed by atoms with van der Waals surface area (Å²) in [5, 5.41) is 14.6. The number of para-hydroxylation sites is 1. The van der Waals surface area contributed by atoms with Crippen LogP contribution in [0.1, 0.15) is 31.8 Å². The summed E-state index contributed by atoms with van der Waals surface area (Å²) in [7, 11) is 1.44. The van der Waals surface area contributed by atoms with Crippen LogP contribution in [-0.2, 0) is 4.79 Å². The van der Waals surface area contributed by atoms with Crippen LogP contribution in [0, 0.1) is 13.8 Å². The Labute approximate surface area is 264 Å². The van der Waals surface area contributed by atoms with E-state index < -0.39 is 18.0 Å². The molecular formula is C35H30N4O7. The number of benzene rings is 5. The van der Waals surface area contributed by atoms with Crippen LogP contribution in [-0.4, -0.2) is 36.5 Å². The third-order valence-electron chi connectivity index (χ3n) is 7.16. The fraction of sp³-hybridized carbons (Fsp3) is 0.0857. The number of carbonyl (C=O) groups is 4. The Bertz CT molecular complexity index is 1960. The van der Waals surface area contributed by atoms with Gasteiger partial charge in [0.2, 0.25) is 6.41 Å². The van der Waals surface area contributed by atoms with Crippen molar-refractivity contribution in [2.45, 2.75) is 13.8 Å². The maximum Gasteiger partial charge on any atom is 0.419 e. The number of anilines is 3. The number of amides is 3. The lowest BCUT2D eigenvalue weighted by Gasteiger charge is -2.21. The van der Waals surface area contributed by atoms with Crippen LogP contribution in [0.15, 0.2) is 97.1 Å². The Morgan fingerprint density at radius 3 is 2.24 bits per heavy atom. The number of hydrogen-bond acceptors (Lipinski definition) is 8. The second-order valence-electron chi connectivity index (χ2n) is 10.3. The second-order valence-corrected chi connectivity index (χ2v) is 10.3. The first kappa shape index (κ1) is 31.1. The van der Waals surface area contributed by atoms with Crippen molar-refractivity contribution in [2.75, 3.05) is 22.7 Å². The Morgan fingerprint density at radius 2 is 1.50 bits per heavy atom. The highest BCUT2D eigenvalue weighted by Crippen LogP contribution is 2.37. The molecule has 0 atom stereocenters. The van der Waals surface area contributed by atoms with Gasteiger partial charge in [0.05, 0.1) is 22.5 Å². The molecule has 0 aliphatic heterocycles. The number of rotatable bonds is 9. The molecule has 0 radical (unpaired) electrons. The predicted molar refractivity (Wildman–Crippen MR) is 175 cm³/mol. The molecule has 11 nitrogen and oxygen atoms in total. The number of hydrazine groups is 1. The van der Waals surface area contributed by atoms with Crippen molar-refractivity contribution < 1.29 is 33.8 Å². The molecule has 0 saturated heterocycles. The van der Waals surface area contributed by atoms with Crippen molar-refractivity contribution >= 4 is 52.2 Å². The highest BCUT2D eigenvalue weighted by molar-refractivity contribution is 6.12. The predicted octanol–water partition coefficient (Wildman–Crippen LogP) is 6.34. The van der Waals surface area contributed by atoms with E-state index in [4.69, 9.17) is 9.47 Å². The fourth-order valence-electron chi connectivity index (χ4n) is 4.73. The van der Waals surface area contributed by atoms with Crippen LogP contribution in [0.3, 0.4) is 0 Å². The van der Waals surface area contributed by atoms with E-state index in [1.54, 1.807) is 54.6 Å². The SMILES string of the molecule is Cc1ccc(C)c(NC(=O)c2cc(OC(=O)N(C)c3ccccc3C(=O)Oc3ccc(NNC=O)cc3)c3ccccc3c2O)c1. The molecule has 0 bridgehead atoms. The maximum absolute atomic E-state index is 13.5. The van der Waals surface area contributed by atoms with E-state index in [2.05, 4.69) is 16.2 Å². The molecule has 0 aliphatic carbocycles. The molecule has 5 aromatic carbocycles. The van der Waals surface area contributed by atoms with Gasteiger partial charge in [0.1, 0.15) is 17.2 Å². The molecule has 0 unspecified atom stereocenters. The van der Waals surface area contributed by atoms with Gasteiger partial charge < -0.3 is 19.9 Å². The molecule has 0 fully saturated rings. The van der Waals surface area contributed by atoms with Gasteiger partial charge in [-0.3, -0.25) is 25.3 Å². The summed E-state index contributed by atoms with van der Waals surface area (Å²) in [4.78, 5) is 51.7. The van der Waals surface area contributed by atoms with Crippen LogP contribution in [0.4, 0.5) is 21.9 Å². The molecule has 5 rings (SSSR count). The van der Waals surface area contributed by atoms with Gasteiger partial charge in [-0.25, -0.2) is 9.59 Å². The van der Waals surface area contributed by atoms with Crippen LogP contribution in [0.25, 0.3) is 10.8 Å². The number of nitrogens with one attached hydrogen (secondary N) is 3. The maximum atomic E-state index is 13.5. The minimum absolute atomic E-state index is 0.0363. The summed E-state index contributed by atoms with van der Waals surface area (Å²) in [5.74, 6) is -1.29. The molecule has 0 aromatic heterocycles. The summed E-state index contributed by atoms with van der Waals surface area (Å²) in [5.41, 5.74) is 8.12. The molecular weight excluding hydrogens is 588 g/mol. The summed E-state index contributed by atoms with van der Waals surface area (Å²) in [6.45, 7) is 3.76. The van der Waals surface area contributed by atoms with E-state index in [1.807, 2.05) is 32.0 Å². The van der Waals surface area contributed by atoms with Crippen molar-refractivity contribution in [1.82, 2.24) is 5.43 Å². The molecule has 0 saturated carbocycles. The highest BCUT2D eigenvalue weighted by atomic mass is 16.6. The molecule has 3 amide bonds. The number of aromatic hydroxyl groups is 1. The van der Waals surface area contributed by atoms with Gasteiger partial charge in [-0.1, -0.05) is 48.5 Å². The number of aryl methyl sites for hydroxylation is 2. The number of carbonyl (C=O) groups excluding carboxylic acids is 4. The van der Waals surface area contributed by atoms with Gasteiger partial charge in [-0.05, 0) is 73.5 Å². The van der Waals surface area contributed by atoms with Crippen molar-refractivity contribution in [2.24, 2.45) is 0 Å². The zero-order valence-corrected chi connectivity index (χ0v) is 25.2. The van der Waals surface area contributed by atoms with Gasteiger partial charge in [-0.15, -0.1) is 0 Å². The first-order valence-electron chi connectivity index (χ1n) is 14.1. The summed E-state index contributed by atoms with van der Waals surface area (Å²) in [6.07, 6.45) is -0.366. The number of phenolic OH excluding ortho intramolecular Hbond substituents is 1. The summed E-state index contributed by atoms with van der Waals surface area (Å²) >= 11 is 0. The lowest BCUT2D eigenvalue weighted by Crippen LogP contribution is -2.31. The van der Waals surface area contributed by atoms with E-state index in [0.717, 1.165) is 16.0 Å². The van der Waals surface area contributed by atoms with Crippen LogP contribution >= 0.6 is 0 Å². The van der Waals surface area contributed by atoms with Gasteiger partial charge in [-0.2, -0.15) is 0 Å². The molecule has 232 valence electrons. The third-order valence-corrected chi connectivity index (χ3v) is 7.16. The standard InChI is InChI=1S/C35H30N4O7/c1-21-12-13-22(2)29(18-21)37-33(42)28-19-31(25-8-4-5-9-26(25)32(28)41)46-35(44)39(3)30-11-7-6-10-27(30)34(43)45-24-16-14-23(15-17-24)38-36-20-40/h4-20,38,41H,1-3H3,(H,36,40)(H,37,42). The summed E-state index contributed by atoms with van der Waals surface area (Å²) < 4.78 is 11.3. The Kier molecular flexibility index (Phi) is 9.13. The Hall–Kier alpha value is -6.36. The van der Waals surface area contributed by atoms with Gasteiger partial charge in [0.25, 0.3) is 5.91 Å². The zero-order chi connectivity index (χ0) is 32.8. The average Bonchev–Trinajstić information content (AvgIpc) is 3.07. The smallest absolute Gasteiger partial charge is 0.419 e. The second kappa shape index (κ2) is 13.5. The number of fused-ring (bicyclic) bond motifs is 1. The van der Waals surface area contributed by atoms with E-state index in [-0.39, 0.29) is 34.1 Å². The molecule has 4 N–H and O–H groups in total. The van der Waals surface area contributed by atoms with E-state index in [0.29, 0.717) is 28.6 Å². The van der Waals surface area contributed by atoms with Gasteiger partial charge in [0, 0.05) is 23.5 Å². The van der Waals surface area contributed by atoms with Crippen molar-refractivity contribution in [3.8, 4) is 17.2 Å². The zero-order valence-electron chi connectivity index (χ0n) is 25.2. The lowest BCUT2D eigenvalue weighted by atomic mass is 10.0. The Morgan fingerprint density at radius 1 is 0.804 bits per heavy atom. The number of nitrogens with zero attached hydrogens (tertiary/aromatic N) is 1. The Balaban J connectivity index is 1.40. The number of hydrogen-bond donors (Lipinski definition) is 4. The van der Waals surface area contributed by atoms with Crippen LogP contribution in [0.2, 0.25) is 0 Å². The minimum Gasteiger partial charge on any atom is -0.506 e. The third kappa shape index (κ3) is 6.73. The lowest BCUT2D eigenvalue weighted by molar-refractivity contribution is -0.109. The quantitative estimate of drug-likeness (QED) is 0.0648. The number of phenols is 1. The molecule has 0 heterocycles. The first-order chi connectivity index (χ1) is 22.2. The van der Waals surface area contributed by atoms with Crippen molar-refractivity contribution in [1.29, 1.82) is 0 Å². The fourth-order valence-corrected chi connectivity index (χ4v) is 4.73. The van der Waals surface area contributed by atoms with Crippen LogP contribution < -0.4 is 30.5 Å². The molecule has 0 aliphatic rings. The van der Waals surface area contributed by atoms with Gasteiger partial charge >= 0.3 is 12.1 Å². The molecule has 0 spiro atoms. The molecule has 46 heavy (non-hydrogen) atoms. The number of ether oxygens (including phenoxy) is 2. The minimum atomic E-state index is -0.852. The monoisotopic (exact) mass is 618 g/mol. The summed E-state index contributed by atoms with van der Waals surface area (Å²) in [6, 6.07) is 26.3. The first-order valence-corrected chi connectivity index (χ1v) is 14.1. The average molecular weight is 619 g/mol. The van der Waals surface area contributed by atoms with E-state index in [9.17, 15) is 24.3 Å². The normalized spacial score (nSPS) is 10.5. The molecule has 5 aromatic rings. The largest absolute Gasteiger partial charge is 0.506 e. The van der Waals surface area contributed by atoms with E-state index in [1.165, 1.54) is 31.3 Å². The van der Waals surface area contributed by atoms with E-state index >= 15 is 0 Å². The van der Waals surface area contributed by atoms with Crippen molar-refractivity contribution in [3.05, 3.63) is 119 Å². The number of esters is 1.